The van der Waals surface area contributed by atoms with E-state index in [1.54, 1.807) is 24.3 Å². The van der Waals surface area contributed by atoms with Crippen molar-refractivity contribution in [3.05, 3.63) is 76.6 Å². The number of aryl methyl sites for hydroxylation is 1. The Morgan fingerprint density at radius 3 is 2.76 bits per heavy atom. The van der Waals surface area contributed by atoms with E-state index >= 15 is 0 Å². The zero-order chi connectivity index (χ0) is 17.2. The Balaban J connectivity index is 1.42. The van der Waals surface area contributed by atoms with E-state index in [4.69, 9.17) is 4.42 Å². The van der Waals surface area contributed by atoms with Gasteiger partial charge in [-0.25, -0.2) is 0 Å². The molecule has 3 aromatic rings. The number of rotatable bonds is 4. The van der Waals surface area contributed by atoms with E-state index in [-0.39, 0.29) is 23.6 Å². The SMILES string of the molecule is O=C(Nc1ccc(C(=O)N[C@@H]2CCc3ccccc32)s1)c1ccco1. The second-order valence-electron chi connectivity index (χ2n) is 5.86. The van der Waals surface area contributed by atoms with Gasteiger partial charge in [-0.1, -0.05) is 24.3 Å². The minimum absolute atomic E-state index is 0.0481. The maximum Gasteiger partial charge on any atom is 0.291 e. The van der Waals surface area contributed by atoms with E-state index in [0.717, 1.165) is 12.8 Å². The van der Waals surface area contributed by atoms with E-state index in [1.165, 1.54) is 28.7 Å². The summed E-state index contributed by atoms with van der Waals surface area (Å²) >= 11 is 1.25. The van der Waals surface area contributed by atoms with Crippen LogP contribution in [0.5, 0.6) is 0 Å². The van der Waals surface area contributed by atoms with Gasteiger partial charge in [0, 0.05) is 0 Å². The van der Waals surface area contributed by atoms with Crippen LogP contribution >= 0.6 is 11.3 Å². The number of carbonyl (C=O) groups is 2. The molecule has 0 unspecified atom stereocenters. The second kappa shape index (κ2) is 6.57. The Hall–Kier alpha value is -2.86. The molecule has 0 radical (unpaired) electrons. The Bertz CT molecular complexity index is 914. The van der Waals surface area contributed by atoms with Crippen molar-refractivity contribution < 1.29 is 14.0 Å². The first-order valence-electron chi connectivity index (χ1n) is 8.04. The summed E-state index contributed by atoms with van der Waals surface area (Å²) in [5.41, 5.74) is 2.49. The molecule has 2 heterocycles. The number of benzene rings is 1. The summed E-state index contributed by atoms with van der Waals surface area (Å²) in [6.45, 7) is 0. The average Bonchev–Trinajstić information content (AvgIpc) is 3.36. The Labute approximate surface area is 148 Å². The maximum absolute atomic E-state index is 12.5. The van der Waals surface area contributed by atoms with Crippen molar-refractivity contribution in [3.63, 3.8) is 0 Å². The number of hydrogen-bond donors (Lipinski definition) is 2. The van der Waals surface area contributed by atoms with Gasteiger partial charge in [-0.05, 0) is 48.2 Å². The molecule has 126 valence electrons. The van der Waals surface area contributed by atoms with Crippen molar-refractivity contribution in [2.45, 2.75) is 18.9 Å². The van der Waals surface area contributed by atoms with E-state index < -0.39 is 0 Å². The lowest BCUT2D eigenvalue weighted by Crippen LogP contribution is -2.26. The van der Waals surface area contributed by atoms with Gasteiger partial charge in [0.1, 0.15) is 0 Å². The van der Waals surface area contributed by atoms with Crippen molar-refractivity contribution in [1.29, 1.82) is 0 Å². The zero-order valence-electron chi connectivity index (χ0n) is 13.3. The van der Waals surface area contributed by atoms with Crippen LogP contribution in [0.1, 0.15) is 43.8 Å². The fraction of sp³-hybridized carbons (Fsp3) is 0.158. The Morgan fingerprint density at radius 1 is 1.04 bits per heavy atom. The number of anilines is 1. The first-order chi connectivity index (χ1) is 12.2. The lowest BCUT2D eigenvalue weighted by Gasteiger charge is -2.13. The van der Waals surface area contributed by atoms with Crippen LogP contribution in [0, 0.1) is 0 Å². The molecule has 0 spiro atoms. The third-order valence-corrected chi connectivity index (χ3v) is 5.25. The van der Waals surface area contributed by atoms with E-state index in [0.29, 0.717) is 9.88 Å². The third-order valence-electron chi connectivity index (χ3n) is 4.25. The second-order valence-corrected chi connectivity index (χ2v) is 6.94. The molecule has 4 rings (SSSR count). The normalized spacial score (nSPS) is 15.6. The molecule has 5 nitrogen and oxygen atoms in total. The van der Waals surface area contributed by atoms with Crippen LogP contribution in [0.15, 0.2) is 59.2 Å². The lowest BCUT2D eigenvalue weighted by molar-refractivity contribution is 0.0939. The Kier molecular flexibility index (Phi) is 4.11. The van der Waals surface area contributed by atoms with Gasteiger partial charge in [-0.2, -0.15) is 0 Å². The van der Waals surface area contributed by atoms with Crippen LogP contribution in [0.3, 0.4) is 0 Å². The van der Waals surface area contributed by atoms with E-state index in [2.05, 4.69) is 22.8 Å². The molecule has 1 aromatic carbocycles. The molecule has 1 atom stereocenters. The standard InChI is InChI=1S/C19H16N2O3S/c22-18(15-6-3-11-24-15)21-17-10-9-16(25-17)19(23)20-14-8-7-12-4-1-2-5-13(12)14/h1-6,9-11,14H,7-8H2,(H,20,23)(H,21,22)/t14-/m1/s1. The molecule has 2 amide bonds. The predicted octanol–water partition coefficient (Wildman–Crippen LogP) is 4.01. The first kappa shape index (κ1) is 15.7. The summed E-state index contributed by atoms with van der Waals surface area (Å²) in [7, 11) is 0. The van der Waals surface area contributed by atoms with Crippen molar-refractivity contribution in [2.24, 2.45) is 0 Å². The smallest absolute Gasteiger partial charge is 0.291 e. The van der Waals surface area contributed by atoms with Crippen LogP contribution in [0.25, 0.3) is 0 Å². The quantitative estimate of drug-likeness (QED) is 0.745. The highest BCUT2D eigenvalue weighted by Crippen LogP contribution is 2.31. The van der Waals surface area contributed by atoms with Crippen molar-refractivity contribution in [3.8, 4) is 0 Å². The highest BCUT2D eigenvalue weighted by molar-refractivity contribution is 7.18. The number of thiophene rings is 1. The number of hydrogen-bond acceptors (Lipinski definition) is 4. The minimum Gasteiger partial charge on any atom is -0.459 e. The summed E-state index contributed by atoms with van der Waals surface area (Å²) in [6.07, 6.45) is 3.34. The Morgan fingerprint density at radius 2 is 1.92 bits per heavy atom. The van der Waals surface area contributed by atoms with Gasteiger partial charge in [-0.3, -0.25) is 9.59 Å². The van der Waals surface area contributed by atoms with Crippen LogP contribution in [0.4, 0.5) is 5.00 Å². The molecule has 0 fully saturated rings. The van der Waals surface area contributed by atoms with Crippen molar-refractivity contribution in [1.82, 2.24) is 5.32 Å². The fourth-order valence-electron chi connectivity index (χ4n) is 3.04. The molecule has 6 heteroatoms. The molecule has 2 N–H and O–H groups in total. The number of amides is 2. The summed E-state index contributed by atoms with van der Waals surface area (Å²) in [6, 6.07) is 14.9. The maximum atomic E-state index is 12.5. The van der Waals surface area contributed by atoms with Gasteiger partial charge in [0.15, 0.2) is 5.76 Å². The third kappa shape index (κ3) is 3.21. The molecule has 0 saturated heterocycles. The van der Waals surface area contributed by atoms with Gasteiger partial charge < -0.3 is 15.1 Å². The summed E-state index contributed by atoms with van der Waals surface area (Å²) < 4.78 is 5.06. The van der Waals surface area contributed by atoms with Gasteiger partial charge in [0.2, 0.25) is 0 Å². The number of carbonyl (C=O) groups excluding carboxylic acids is 2. The van der Waals surface area contributed by atoms with Crippen LogP contribution in [0.2, 0.25) is 0 Å². The molecule has 25 heavy (non-hydrogen) atoms. The molecule has 0 bridgehead atoms. The molecule has 1 aliphatic rings. The van der Waals surface area contributed by atoms with Crippen molar-refractivity contribution >= 4 is 28.2 Å². The lowest BCUT2D eigenvalue weighted by atomic mass is 10.1. The van der Waals surface area contributed by atoms with Crippen LogP contribution in [-0.2, 0) is 6.42 Å². The molecular formula is C19H16N2O3S. The molecular weight excluding hydrogens is 336 g/mol. The summed E-state index contributed by atoms with van der Waals surface area (Å²) in [5.74, 6) is -0.212. The van der Waals surface area contributed by atoms with Gasteiger partial charge >= 0.3 is 0 Å². The highest BCUT2D eigenvalue weighted by atomic mass is 32.1. The van der Waals surface area contributed by atoms with Crippen LogP contribution in [-0.4, -0.2) is 11.8 Å². The van der Waals surface area contributed by atoms with Gasteiger partial charge in [-0.15, -0.1) is 11.3 Å². The summed E-state index contributed by atoms with van der Waals surface area (Å²) in [4.78, 5) is 25.0. The summed E-state index contributed by atoms with van der Waals surface area (Å²) in [5, 5.41) is 6.43. The van der Waals surface area contributed by atoms with E-state index in [9.17, 15) is 9.59 Å². The average molecular weight is 352 g/mol. The van der Waals surface area contributed by atoms with Crippen LogP contribution < -0.4 is 10.6 Å². The topological polar surface area (TPSA) is 71.3 Å². The minimum atomic E-state index is -0.330. The molecule has 2 aromatic heterocycles. The zero-order valence-corrected chi connectivity index (χ0v) is 14.1. The number of furan rings is 1. The van der Waals surface area contributed by atoms with Gasteiger partial charge in [0.05, 0.1) is 22.2 Å². The van der Waals surface area contributed by atoms with E-state index in [1.807, 2.05) is 12.1 Å². The monoisotopic (exact) mass is 352 g/mol. The van der Waals surface area contributed by atoms with Crippen molar-refractivity contribution in [2.75, 3.05) is 5.32 Å². The van der Waals surface area contributed by atoms with Gasteiger partial charge in [0.25, 0.3) is 11.8 Å². The number of fused-ring (bicyclic) bond motifs is 1. The predicted molar refractivity (Wildman–Crippen MR) is 96.0 cm³/mol. The largest absolute Gasteiger partial charge is 0.459 e. The molecule has 1 aliphatic carbocycles. The molecule has 0 aliphatic heterocycles. The number of nitrogens with one attached hydrogen (secondary N) is 2. The fourth-order valence-corrected chi connectivity index (χ4v) is 3.85. The first-order valence-corrected chi connectivity index (χ1v) is 8.86. The highest BCUT2D eigenvalue weighted by Gasteiger charge is 2.24. The molecule has 0 saturated carbocycles.